The average molecular weight is 423 g/mol. The molecule has 0 aromatic heterocycles. The van der Waals surface area contributed by atoms with Crippen molar-refractivity contribution < 1.29 is 41.0 Å². The molecular formula is C15H7F6N3O5. The van der Waals surface area contributed by atoms with Gasteiger partial charge in [-0.3, -0.25) is 25.0 Å². The molecule has 0 atom stereocenters. The summed E-state index contributed by atoms with van der Waals surface area (Å²) in [6, 6.07) is 2.65. The maximum atomic E-state index is 12.9. The standard InChI is InChI=1S/C15H7F6N3O5/c16-14(17,18)8-3-1-2-7(4-8)13(25)22-12-10(23(26)27)5-9(15(19,20)21)6-11(12)24(28)29/h1-6H,(H,22,25). The van der Waals surface area contributed by atoms with Gasteiger partial charge in [0, 0.05) is 17.7 Å². The summed E-state index contributed by atoms with van der Waals surface area (Å²) in [5.41, 5.74) is -7.74. The number of carbonyl (C=O) groups excluding carboxylic acids is 1. The van der Waals surface area contributed by atoms with E-state index in [1.54, 1.807) is 5.32 Å². The normalized spacial score (nSPS) is 11.8. The third-order valence-corrected chi connectivity index (χ3v) is 3.51. The Morgan fingerprint density at radius 3 is 1.72 bits per heavy atom. The van der Waals surface area contributed by atoms with Crippen LogP contribution in [0.3, 0.4) is 0 Å². The third kappa shape index (κ3) is 4.77. The minimum absolute atomic E-state index is 0.0330. The number of nitrogens with zero attached hydrogens (tertiary/aromatic N) is 2. The van der Waals surface area contributed by atoms with Crippen molar-refractivity contribution in [2.45, 2.75) is 12.4 Å². The van der Waals surface area contributed by atoms with Crippen molar-refractivity contribution in [2.24, 2.45) is 0 Å². The number of amides is 1. The lowest BCUT2D eigenvalue weighted by molar-refractivity contribution is -0.392. The summed E-state index contributed by atoms with van der Waals surface area (Å²) in [6.07, 6.45) is -10.00. The van der Waals surface area contributed by atoms with Gasteiger partial charge in [0.05, 0.1) is 21.0 Å². The maximum Gasteiger partial charge on any atom is 0.416 e. The monoisotopic (exact) mass is 423 g/mol. The summed E-state index contributed by atoms with van der Waals surface area (Å²) in [5, 5.41) is 23.8. The van der Waals surface area contributed by atoms with Crippen LogP contribution >= 0.6 is 0 Å². The van der Waals surface area contributed by atoms with Gasteiger partial charge in [-0.2, -0.15) is 26.3 Å². The quantitative estimate of drug-likeness (QED) is 0.431. The van der Waals surface area contributed by atoms with Crippen LogP contribution in [0, 0.1) is 20.2 Å². The molecule has 0 spiro atoms. The summed E-state index contributed by atoms with van der Waals surface area (Å²) in [4.78, 5) is 31.6. The van der Waals surface area contributed by atoms with E-state index in [9.17, 15) is 51.4 Å². The fraction of sp³-hybridized carbons (Fsp3) is 0.133. The number of halogens is 6. The molecule has 1 N–H and O–H groups in total. The van der Waals surface area contributed by atoms with Gasteiger partial charge in [-0.25, -0.2) is 0 Å². The van der Waals surface area contributed by atoms with Crippen LogP contribution in [0.15, 0.2) is 36.4 Å². The summed E-state index contributed by atoms with van der Waals surface area (Å²) in [5.74, 6) is -1.43. The van der Waals surface area contributed by atoms with E-state index in [-0.39, 0.29) is 12.1 Å². The van der Waals surface area contributed by atoms with Crippen molar-refractivity contribution in [3.05, 3.63) is 73.3 Å². The fourth-order valence-electron chi connectivity index (χ4n) is 2.21. The Morgan fingerprint density at radius 2 is 1.31 bits per heavy atom. The number of anilines is 1. The molecule has 29 heavy (non-hydrogen) atoms. The van der Waals surface area contributed by atoms with Gasteiger partial charge in [0.1, 0.15) is 0 Å². The van der Waals surface area contributed by atoms with Crippen molar-refractivity contribution in [1.82, 2.24) is 0 Å². The Labute approximate surface area is 156 Å². The van der Waals surface area contributed by atoms with Crippen molar-refractivity contribution in [3.63, 3.8) is 0 Å². The number of benzene rings is 2. The lowest BCUT2D eigenvalue weighted by Gasteiger charge is -2.12. The van der Waals surface area contributed by atoms with Crippen LogP contribution in [0.4, 0.5) is 43.4 Å². The molecule has 0 unspecified atom stereocenters. The maximum absolute atomic E-state index is 12.9. The minimum atomic E-state index is -5.17. The van der Waals surface area contributed by atoms with E-state index in [1.807, 2.05) is 0 Å². The van der Waals surface area contributed by atoms with Crippen LogP contribution in [0.1, 0.15) is 21.5 Å². The second-order valence-electron chi connectivity index (χ2n) is 5.43. The molecule has 0 aliphatic carbocycles. The Hall–Kier alpha value is -3.71. The zero-order valence-electron chi connectivity index (χ0n) is 13.7. The molecule has 0 saturated heterocycles. The molecule has 8 nitrogen and oxygen atoms in total. The van der Waals surface area contributed by atoms with Gasteiger partial charge in [0.15, 0.2) is 5.69 Å². The van der Waals surface area contributed by atoms with Crippen LogP contribution in [0.2, 0.25) is 0 Å². The number of alkyl halides is 6. The molecule has 0 radical (unpaired) electrons. The van der Waals surface area contributed by atoms with Gasteiger partial charge in [-0.05, 0) is 18.2 Å². The highest BCUT2D eigenvalue weighted by Gasteiger charge is 2.38. The number of hydrogen-bond donors (Lipinski definition) is 1. The molecule has 0 fully saturated rings. The molecule has 1 amide bonds. The highest BCUT2D eigenvalue weighted by atomic mass is 19.4. The number of hydrogen-bond acceptors (Lipinski definition) is 5. The Balaban J connectivity index is 2.58. The predicted molar refractivity (Wildman–Crippen MR) is 84.2 cm³/mol. The van der Waals surface area contributed by atoms with Gasteiger partial charge in [0.2, 0.25) is 0 Å². The van der Waals surface area contributed by atoms with Crippen molar-refractivity contribution in [2.75, 3.05) is 5.32 Å². The van der Waals surface area contributed by atoms with E-state index < -0.39 is 61.9 Å². The molecule has 0 aliphatic heterocycles. The van der Waals surface area contributed by atoms with E-state index >= 15 is 0 Å². The molecule has 2 aromatic rings. The molecule has 0 bridgehead atoms. The first-order valence-corrected chi connectivity index (χ1v) is 7.24. The van der Waals surface area contributed by atoms with Gasteiger partial charge in [-0.1, -0.05) is 6.07 Å². The highest BCUT2D eigenvalue weighted by Crippen LogP contribution is 2.41. The number of nitrogens with one attached hydrogen (secondary N) is 1. The Kier molecular flexibility index (Phi) is 5.48. The molecule has 0 heterocycles. The van der Waals surface area contributed by atoms with E-state index in [4.69, 9.17) is 0 Å². The number of rotatable bonds is 4. The van der Waals surface area contributed by atoms with Crippen LogP contribution in [-0.4, -0.2) is 15.8 Å². The molecule has 0 saturated carbocycles. The van der Waals surface area contributed by atoms with Crippen molar-refractivity contribution in [3.8, 4) is 0 Å². The van der Waals surface area contributed by atoms with E-state index in [0.717, 1.165) is 12.1 Å². The average Bonchev–Trinajstić information content (AvgIpc) is 2.59. The Morgan fingerprint density at radius 1 is 0.828 bits per heavy atom. The molecule has 2 rings (SSSR count). The van der Waals surface area contributed by atoms with Crippen LogP contribution in [0.5, 0.6) is 0 Å². The molecule has 154 valence electrons. The van der Waals surface area contributed by atoms with Crippen molar-refractivity contribution in [1.29, 1.82) is 0 Å². The number of nitro groups is 2. The van der Waals surface area contributed by atoms with Crippen LogP contribution in [-0.2, 0) is 12.4 Å². The molecule has 2 aromatic carbocycles. The number of nitro benzene ring substituents is 2. The summed E-state index contributed by atoms with van der Waals surface area (Å²) < 4.78 is 76.8. The predicted octanol–water partition coefficient (Wildman–Crippen LogP) is 4.79. The molecule has 14 heteroatoms. The van der Waals surface area contributed by atoms with Crippen LogP contribution in [0.25, 0.3) is 0 Å². The lowest BCUT2D eigenvalue weighted by Crippen LogP contribution is -2.17. The van der Waals surface area contributed by atoms with E-state index in [1.165, 1.54) is 0 Å². The largest absolute Gasteiger partial charge is 0.416 e. The van der Waals surface area contributed by atoms with Gasteiger partial charge >= 0.3 is 23.7 Å². The summed E-state index contributed by atoms with van der Waals surface area (Å²) in [6.45, 7) is 0. The zero-order valence-corrected chi connectivity index (χ0v) is 13.7. The minimum Gasteiger partial charge on any atom is -0.311 e. The van der Waals surface area contributed by atoms with Gasteiger partial charge in [-0.15, -0.1) is 0 Å². The lowest BCUT2D eigenvalue weighted by atomic mass is 10.1. The first kappa shape index (κ1) is 21.6. The van der Waals surface area contributed by atoms with Crippen molar-refractivity contribution >= 4 is 23.0 Å². The summed E-state index contributed by atoms with van der Waals surface area (Å²) in [7, 11) is 0. The first-order valence-electron chi connectivity index (χ1n) is 7.24. The topological polar surface area (TPSA) is 115 Å². The first-order chi connectivity index (χ1) is 13.2. The van der Waals surface area contributed by atoms with E-state index in [2.05, 4.69) is 0 Å². The second-order valence-corrected chi connectivity index (χ2v) is 5.43. The Bertz CT molecular complexity index is 968. The second kappa shape index (κ2) is 7.37. The van der Waals surface area contributed by atoms with Gasteiger partial charge in [0.25, 0.3) is 5.91 Å². The molecule has 0 aliphatic rings. The smallest absolute Gasteiger partial charge is 0.311 e. The number of carbonyl (C=O) groups is 1. The third-order valence-electron chi connectivity index (χ3n) is 3.51. The fourth-order valence-corrected chi connectivity index (χ4v) is 2.21. The molecular weight excluding hydrogens is 416 g/mol. The zero-order chi connectivity index (χ0) is 22.1. The SMILES string of the molecule is O=C(Nc1c([N+](=O)[O-])cc(C(F)(F)F)cc1[N+](=O)[O-])c1cccc(C(F)(F)F)c1. The summed E-state index contributed by atoms with van der Waals surface area (Å²) >= 11 is 0. The van der Waals surface area contributed by atoms with Crippen LogP contribution < -0.4 is 5.32 Å². The highest BCUT2D eigenvalue weighted by molar-refractivity contribution is 6.07. The van der Waals surface area contributed by atoms with Gasteiger partial charge < -0.3 is 5.32 Å². The van der Waals surface area contributed by atoms with E-state index in [0.29, 0.717) is 12.1 Å².